The molecule has 1 fully saturated rings. The van der Waals surface area contributed by atoms with Gasteiger partial charge in [-0.1, -0.05) is 29.8 Å². The highest BCUT2D eigenvalue weighted by atomic mass is 35.5. The molecule has 0 unspecified atom stereocenters. The van der Waals surface area contributed by atoms with E-state index in [1.165, 1.54) is 0 Å². The molecule has 2 aromatic carbocycles. The highest BCUT2D eigenvalue weighted by Crippen LogP contribution is 2.28. The number of morpholine rings is 1. The van der Waals surface area contributed by atoms with Crippen LogP contribution in [0.3, 0.4) is 0 Å². The van der Waals surface area contributed by atoms with Crippen molar-refractivity contribution >= 4 is 17.5 Å². The lowest BCUT2D eigenvalue weighted by molar-refractivity contribution is -0.129. The van der Waals surface area contributed by atoms with Gasteiger partial charge in [0.1, 0.15) is 0 Å². The van der Waals surface area contributed by atoms with Gasteiger partial charge in [-0.2, -0.15) is 0 Å². The number of carbonyl (C=O) groups excluding carboxylic acids is 1. The Bertz CT molecular complexity index is 844. The predicted octanol–water partition coefficient (Wildman–Crippen LogP) is 3.48. The van der Waals surface area contributed by atoms with Crippen molar-refractivity contribution in [3.63, 3.8) is 0 Å². The van der Waals surface area contributed by atoms with Gasteiger partial charge in [0.05, 0.1) is 33.0 Å². The summed E-state index contributed by atoms with van der Waals surface area (Å²) < 4.78 is 16.5. The lowest BCUT2D eigenvalue weighted by atomic mass is 10.1. The van der Waals surface area contributed by atoms with E-state index in [-0.39, 0.29) is 18.1 Å². The lowest BCUT2D eigenvalue weighted by Gasteiger charge is -2.36. The zero-order valence-electron chi connectivity index (χ0n) is 17.7. The van der Waals surface area contributed by atoms with Gasteiger partial charge in [-0.25, -0.2) is 0 Å². The molecular formula is C23H29ClN2O4. The molecule has 1 saturated heterocycles. The third-order valence-corrected chi connectivity index (χ3v) is 5.68. The molecule has 0 aliphatic carbocycles. The van der Waals surface area contributed by atoms with Gasteiger partial charge >= 0.3 is 0 Å². The molecule has 1 amide bonds. The topological polar surface area (TPSA) is 60.0 Å². The zero-order chi connectivity index (χ0) is 21.5. The molecule has 2 atom stereocenters. The number of hydrogen-bond acceptors (Lipinski definition) is 5. The minimum Gasteiger partial charge on any atom is -0.493 e. The highest BCUT2D eigenvalue weighted by molar-refractivity contribution is 6.30. The van der Waals surface area contributed by atoms with Crippen LogP contribution in [0.15, 0.2) is 42.5 Å². The minimum absolute atomic E-state index is 0.0206. The Morgan fingerprint density at radius 3 is 2.63 bits per heavy atom. The molecule has 1 N–H and O–H groups in total. The molecule has 162 valence electrons. The fraction of sp³-hybridized carbons (Fsp3) is 0.435. The maximum atomic E-state index is 12.7. The van der Waals surface area contributed by atoms with Gasteiger partial charge in [-0.15, -0.1) is 0 Å². The summed E-state index contributed by atoms with van der Waals surface area (Å²) in [6, 6.07) is 13.3. The van der Waals surface area contributed by atoms with Gasteiger partial charge in [0.2, 0.25) is 5.91 Å². The van der Waals surface area contributed by atoms with Crippen LogP contribution in [0.4, 0.5) is 0 Å². The highest BCUT2D eigenvalue weighted by Gasteiger charge is 2.28. The third kappa shape index (κ3) is 5.65. The van der Waals surface area contributed by atoms with Crippen LogP contribution in [0.1, 0.15) is 24.2 Å². The van der Waals surface area contributed by atoms with E-state index in [2.05, 4.69) is 10.2 Å². The normalized spacial score (nSPS) is 17.9. The van der Waals surface area contributed by atoms with Crippen LogP contribution in [0.5, 0.6) is 11.5 Å². The number of nitrogens with one attached hydrogen (secondary N) is 1. The molecule has 2 aromatic rings. The van der Waals surface area contributed by atoms with E-state index in [1.54, 1.807) is 14.2 Å². The first-order chi connectivity index (χ1) is 14.5. The predicted molar refractivity (Wildman–Crippen MR) is 117 cm³/mol. The lowest BCUT2D eigenvalue weighted by Crippen LogP contribution is -2.50. The molecule has 0 bridgehead atoms. The van der Waals surface area contributed by atoms with E-state index in [4.69, 9.17) is 25.8 Å². The maximum absolute atomic E-state index is 12.7. The number of rotatable bonds is 8. The number of hydrogen-bond donors (Lipinski definition) is 1. The summed E-state index contributed by atoms with van der Waals surface area (Å²) in [5.41, 5.74) is 2.15. The van der Waals surface area contributed by atoms with Crippen molar-refractivity contribution < 1.29 is 19.0 Å². The molecule has 6 nitrogen and oxygen atoms in total. The quantitative estimate of drug-likeness (QED) is 0.692. The maximum Gasteiger partial charge on any atom is 0.237 e. The summed E-state index contributed by atoms with van der Waals surface area (Å²) in [5.74, 6) is 1.41. The molecule has 0 radical (unpaired) electrons. The summed E-state index contributed by atoms with van der Waals surface area (Å²) >= 11 is 5.98. The van der Waals surface area contributed by atoms with E-state index in [1.807, 2.05) is 49.4 Å². The van der Waals surface area contributed by atoms with E-state index < -0.39 is 0 Å². The fourth-order valence-electron chi connectivity index (χ4n) is 3.58. The number of methoxy groups -OCH3 is 2. The number of nitrogens with zero attached hydrogens (tertiary/aromatic N) is 1. The van der Waals surface area contributed by atoms with Crippen molar-refractivity contribution in [3.05, 3.63) is 58.6 Å². The Morgan fingerprint density at radius 2 is 1.93 bits per heavy atom. The van der Waals surface area contributed by atoms with Crippen LogP contribution >= 0.6 is 11.6 Å². The molecule has 0 saturated carbocycles. The third-order valence-electron chi connectivity index (χ3n) is 5.43. The second-order valence-corrected chi connectivity index (χ2v) is 7.75. The number of halogens is 1. The summed E-state index contributed by atoms with van der Waals surface area (Å²) in [7, 11) is 3.23. The standard InChI is InChI=1S/C23H29ClN2O4/c1-16(26-12-13-30-22(15-26)18-5-7-19(24)8-6-18)23(27)25-11-10-17-4-9-20(28-2)21(14-17)29-3/h4-9,14,16,22H,10-13,15H2,1-3H3,(H,25,27)/t16-,22+/m1/s1. The van der Waals surface area contributed by atoms with Crippen LogP contribution in [-0.4, -0.2) is 57.3 Å². The van der Waals surface area contributed by atoms with Crippen molar-refractivity contribution in [2.24, 2.45) is 0 Å². The summed E-state index contributed by atoms with van der Waals surface area (Å²) in [5, 5.41) is 3.75. The Kier molecular flexibility index (Phi) is 7.96. The fourth-order valence-corrected chi connectivity index (χ4v) is 3.71. The van der Waals surface area contributed by atoms with Crippen LogP contribution < -0.4 is 14.8 Å². The molecule has 3 rings (SSSR count). The summed E-state index contributed by atoms with van der Waals surface area (Å²) in [6.07, 6.45) is 0.660. The molecule has 0 aromatic heterocycles. The summed E-state index contributed by atoms with van der Waals surface area (Å²) in [6.45, 7) is 4.50. The minimum atomic E-state index is -0.228. The first kappa shape index (κ1) is 22.4. The zero-order valence-corrected chi connectivity index (χ0v) is 18.4. The van der Waals surface area contributed by atoms with Gasteiger partial charge in [-0.05, 0) is 48.7 Å². The van der Waals surface area contributed by atoms with Crippen molar-refractivity contribution in [1.29, 1.82) is 0 Å². The summed E-state index contributed by atoms with van der Waals surface area (Å²) in [4.78, 5) is 14.8. The molecule has 1 aliphatic rings. The molecule has 1 heterocycles. The number of ether oxygens (including phenoxy) is 3. The van der Waals surface area contributed by atoms with Gasteiger partial charge in [0.15, 0.2) is 11.5 Å². The monoisotopic (exact) mass is 432 g/mol. The van der Waals surface area contributed by atoms with Crippen LogP contribution in [0.2, 0.25) is 5.02 Å². The van der Waals surface area contributed by atoms with Crippen LogP contribution in [0, 0.1) is 0 Å². The first-order valence-corrected chi connectivity index (χ1v) is 10.5. The second kappa shape index (κ2) is 10.7. The Hall–Kier alpha value is -2.28. The van der Waals surface area contributed by atoms with E-state index in [0.29, 0.717) is 36.2 Å². The van der Waals surface area contributed by atoms with Gasteiger partial charge < -0.3 is 19.5 Å². The number of benzene rings is 2. The van der Waals surface area contributed by atoms with Crippen molar-refractivity contribution in [1.82, 2.24) is 10.2 Å². The molecule has 30 heavy (non-hydrogen) atoms. The van der Waals surface area contributed by atoms with E-state index in [9.17, 15) is 4.79 Å². The van der Waals surface area contributed by atoms with Crippen molar-refractivity contribution in [2.75, 3.05) is 40.5 Å². The van der Waals surface area contributed by atoms with Crippen molar-refractivity contribution in [2.45, 2.75) is 25.5 Å². The average molecular weight is 433 g/mol. The van der Waals surface area contributed by atoms with Crippen molar-refractivity contribution in [3.8, 4) is 11.5 Å². The Morgan fingerprint density at radius 1 is 1.20 bits per heavy atom. The van der Waals surface area contributed by atoms with Gasteiger partial charge in [-0.3, -0.25) is 9.69 Å². The van der Waals surface area contributed by atoms with Gasteiger partial charge in [0, 0.05) is 24.7 Å². The van der Waals surface area contributed by atoms with E-state index >= 15 is 0 Å². The van der Waals surface area contributed by atoms with Gasteiger partial charge in [0.25, 0.3) is 0 Å². The Labute approximate surface area is 183 Å². The molecule has 0 spiro atoms. The van der Waals surface area contributed by atoms with E-state index in [0.717, 1.165) is 24.1 Å². The average Bonchev–Trinajstić information content (AvgIpc) is 2.78. The molecule has 1 aliphatic heterocycles. The smallest absolute Gasteiger partial charge is 0.237 e. The molecule has 7 heteroatoms. The number of carbonyl (C=O) groups is 1. The Balaban J connectivity index is 1.51. The second-order valence-electron chi connectivity index (χ2n) is 7.31. The SMILES string of the molecule is COc1ccc(CCNC(=O)[C@@H](C)N2CCO[C@H](c3ccc(Cl)cc3)C2)cc1OC. The van der Waals surface area contributed by atoms with Crippen LogP contribution in [0.25, 0.3) is 0 Å². The number of amides is 1. The largest absolute Gasteiger partial charge is 0.493 e. The molecular weight excluding hydrogens is 404 g/mol. The van der Waals surface area contributed by atoms with Crippen LogP contribution in [-0.2, 0) is 16.0 Å². The first-order valence-electron chi connectivity index (χ1n) is 10.1.